The average Bonchev–Trinajstić information content (AvgIpc) is 3.04. The van der Waals surface area contributed by atoms with E-state index in [0.717, 1.165) is 29.6 Å². The lowest BCUT2D eigenvalue weighted by Crippen LogP contribution is -2.47. The van der Waals surface area contributed by atoms with E-state index >= 15 is 0 Å². The molecule has 4 aliphatic carbocycles. The van der Waals surface area contributed by atoms with E-state index < -0.39 is 8.32 Å². The van der Waals surface area contributed by atoms with Crippen molar-refractivity contribution in [1.29, 1.82) is 0 Å². The lowest BCUT2D eigenvalue weighted by molar-refractivity contribution is 0.0351. The zero-order valence-corrected chi connectivity index (χ0v) is 23.6. The van der Waals surface area contributed by atoms with Crippen LogP contribution in [0, 0.1) is 40.4 Å². The van der Waals surface area contributed by atoms with Crippen LogP contribution >= 0.6 is 0 Å². The van der Waals surface area contributed by atoms with Crippen molar-refractivity contribution in [3.63, 3.8) is 0 Å². The molecule has 4 rings (SSSR count). The first kappa shape index (κ1) is 24.8. The van der Waals surface area contributed by atoms with Crippen molar-refractivity contribution in [2.45, 2.75) is 125 Å². The fraction of sp³-hybridized carbons (Fsp3) is 0.867. The summed E-state index contributed by atoms with van der Waals surface area (Å²) < 4.78 is 6.56. The second-order valence-electron chi connectivity index (χ2n) is 14.0. The Balaban J connectivity index is 1.50. The lowest BCUT2D eigenvalue weighted by Gasteiger charge is -2.55. The third-order valence-corrected chi connectivity index (χ3v) is 11.3. The molecule has 0 radical (unpaired) electrons. The minimum Gasteiger partial charge on any atom is -0.414 e. The molecule has 0 N–H and O–H groups in total. The van der Waals surface area contributed by atoms with Crippen molar-refractivity contribution in [1.82, 2.24) is 0 Å². The van der Waals surface area contributed by atoms with Crippen molar-refractivity contribution >= 4 is 8.32 Å². The predicted octanol–water partition coefficient (Wildman–Crippen LogP) is 9.17. The highest BCUT2D eigenvalue weighted by Gasteiger charge is 2.57. The minimum atomic E-state index is -1.47. The molecule has 0 aliphatic heterocycles. The Kier molecular flexibility index (Phi) is 6.99. The van der Waals surface area contributed by atoms with Crippen LogP contribution in [0.25, 0.3) is 0 Å². The van der Waals surface area contributed by atoms with E-state index in [1.165, 1.54) is 64.2 Å². The third-order valence-electron chi connectivity index (χ3n) is 10.2. The molecule has 0 aromatic rings. The molecule has 182 valence electrons. The van der Waals surface area contributed by atoms with E-state index in [1.807, 2.05) is 5.57 Å². The fourth-order valence-corrected chi connectivity index (χ4v) is 9.80. The summed E-state index contributed by atoms with van der Waals surface area (Å²) >= 11 is 0. The Labute approximate surface area is 201 Å². The predicted molar refractivity (Wildman–Crippen MR) is 141 cm³/mol. The minimum absolute atomic E-state index is 0.395. The van der Waals surface area contributed by atoms with Gasteiger partial charge in [-0.1, -0.05) is 77.2 Å². The van der Waals surface area contributed by atoms with Gasteiger partial charge in [0.2, 0.25) is 0 Å². The van der Waals surface area contributed by atoms with E-state index in [9.17, 15) is 0 Å². The van der Waals surface area contributed by atoms with Crippen LogP contribution < -0.4 is 0 Å². The van der Waals surface area contributed by atoms with Gasteiger partial charge in [-0.05, 0) is 105 Å². The van der Waals surface area contributed by atoms with E-state index in [1.54, 1.807) is 5.57 Å². The molecule has 0 bridgehead atoms. The average molecular weight is 457 g/mol. The maximum absolute atomic E-state index is 6.56. The van der Waals surface area contributed by atoms with Crippen LogP contribution in [-0.2, 0) is 4.43 Å². The Morgan fingerprint density at radius 1 is 0.938 bits per heavy atom. The largest absolute Gasteiger partial charge is 0.414 e. The molecular formula is C30H52OSi. The summed E-state index contributed by atoms with van der Waals surface area (Å²) in [5, 5.41) is 0. The molecule has 0 heterocycles. The van der Waals surface area contributed by atoms with Gasteiger partial charge in [0.05, 0.1) is 0 Å². The van der Waals surface area contributed by atoms with Crippen molar-refractivity contribution in [3.05, 3.63) is 23.3 Å². The van der Waals surface area contributed by atoms with Gasteiger partial charge in [0, 0.05) is 6.10 Å². The lowest BCUT2D eigenvalue weighted by atomic mass is 9.50. The fourth-order valence-electron chi connectivity index (χ4n) is 8.59. The quantitative estimate of drug-likeness (QED) is 0.347. The van der Waals surface area contributed by atoms with Gasteiger partial charge in [0.15, 0.2) is 8.32 Å². The Bertz CT molecular complexity index is 742. The van der Waals surface area contributed by atoms with Crippen molar-refractivity contribution < 1.29 is 4.43 Å². The summed E-state index contributed by atoms with van der Waals surface area (Å²) in [7, 11) is -1.47. The highest BCUT2D eigenvalue weighted by atomic mass is 28.4. The van der Waals surface area contributed by atoms with Crippen LogP contribution in [-0.4, -0.2) is 14.4 Å². The molecular weight excluding hydrogens is 404 g/mol. The molecule has 0 spiro atoms. The highest BCUT2D eigenvalue weighted by molar-refractivity contribution is 6.69. The number of fused-ring (bicyclic) bond motifs is 5. The van der Waals surface area contributed by atoms with E-state index in [0.29, 0.717) is 16.9 Å². The van der Waals surface area contributed by atoms with Gasteiger partial charge in [-0.2, -0.15) is 0 Å². The normalized spacial score (nSPS) is 40.3. The third kappa shape index (κ3) is 4.61. The van der Waals surface area contributed by atoms with E-state index in [2.05, 4.69) is 66.4 Å². The Morgan fingerprint density at radius 3 is 2.38 bits per heavy atom. The summed E-state index contributed by atoms with van der Waals surface area (Å²) in [5.74, 6) is 4.30. The zero-order valence-electron chi connectivity index (χ0n) is 22.6. The van der Waals surface area contributed by atoms with Crippen molar-refractivity contribution in [3.8, 4) is 0 Å². The van der Waals surface area contributed by atoms with Gasteiger partial charge in [-0.15, -0.1) is 0 Å². The first-order valence-electron chi connectivity index (χ1n) is 14.0. The van der Waals surface area contributed by atoms with Crippen LogP contribution in [0.3, 0.4) is 0 Å². The summed E-state index contributed by atoms with van der Waals surface area (Å²) in [6.45, 7) is 19.7. The van der Waals surface area contributed by atoms with Gasteiger partial charge >= 0.3 is 0 Å². The SMILES string of the molecule is CC(C)CCCC(C)C1CCC2C3=CC=C4CC(O[Si](C)(C)C)CCC4(C)C3CCC21C. The van der Waals surface area contributed by atoms with Gasteiger partial charge in [-0.25, -0.2) is 0 Å². The second kappa shape index (κ2) is 9.03. The summed E-state index contributed by atoms with van der Waals surface area (Å²) in [5.41, 5.74) is 4.50. The molecule has 4 aliphatic rings. The molecule has 0 amide bonds. The molecule has 7 atom stereocenters. The molecule has 7 unspecified atom stereocenters. The molecule has 3 saturated carbocycles. The standard InChI is InChI=1S/C30H52OSi/c1-21(2)10-9-11-22(3)26-14-15-27-25-13-12-23-20-24(31-32(6,7)8)16-18-29(23,4)28(25)17-19-30(26,27)5/h12-13,21-22,24,26-28H,9-11,14-20H2,1-8H3. The van der Waals surface area contributed by atoms with Gasteiger partial charge in [-0.3, -0.25) is 0 Å². The van der Waals surface area contributed by atoms with Crippen LogP contribution in [0.15, 0.2) is 23.3 Å². The first-order valence-corrected chi connectivity index (χ1v) is 17.4. The van der Waals surface area contributed by atoms with E-state index in [4.69, 9.17) is 4.43 Å². The van der Waals surface area contributed by atoms with Gasteiger partial charge in [0.25, 0.3) is 0 Å². The molecule has 0 saturated heterocycles. The highest BCUT2D eigenvalue weighted by Crippen LogP contribution is 2.66. The van der Waals surface area contributed by atoms with Gasteiger partial charge < -0.3 is 4.43 Å². The zero-order chi connectivity index (χ0) is 23.3. The second-order valence-corrected chi connectivity index (χ2v) is 18.5. The molecule has 3 fully saturated rings. The summed E-state index contributed by atoms with van der Waals surface area (Å²) in [4.78, 5) is 0. The molecule has 0 aromatic heterocycles. The number of allylic oxidation sites excluding steroid dienone is 3. The van der Waals surface area contributed by atoms with Crippen LogP contribution in [0.2, 0.25) is 19.6 Å². The van der Waals surface area contributed by atoms with Crippen LogP contribution in [0.4, 0.5) is 0 Å². The van der Waals surface area contributed by atoms with Gasteiger partial charge in [0.1, 0.15) is 0 Å². The topological polar surface area (TPSA) is 9.23 Å². The van der Waals surface area contributed by atoms with Crippen LogP contribution in [0.5, 0.6) is 0 Å². The van der Waals surface area contributed by atoms with Crippen molar-refractivity contribution in [2.24, 2.45) is 40.4 Å². The smallest absolute Gasteiger partial charge is 0.184 e. The maximum atomic E-state index is 6.56. The Morgan fingerprint density at radius 2 is 1.69 bits per heavy atom. The monoisotopic (exact) mass is 456 g/mol. The van der Waals surface area contributed by atoms with Crippen LogP contribution in [0.1, 0.15) is 98.8 Å². The number of hydrogen-bond donors (Lipinski definition) is 0. The molecule has 2 heteroatoms. The number of rotatable bonds is 7. The molecule has 32 heavy (non-hydrogen) atoms. The number of hydrogen-bond acceptors (Lipinski definition) is 1. The molecule has 0 aromatic carbocycles. The Hall–Kier alpha value is -0.343. The molecule has 1 nitrogen and oxygen atoms in total. The van der Waals surface area contributed by atoms with Crippen molar-refractivity contribution in [2.75, 3.05) is 0 Å². The first-order chi connectivity index (χ1) is 14.9. The summed E-state index contributed by atoms with van der Waals surface area (Å²) in [6, 6.07) is 0. The maximum Gasteiger partial charge on any atom is 0.184 e. The summed E-state index contributed by atoms with van der Waals surface area (Å²) in [6.07, 6.45) is 19.5. The van der Waals surface area contributed by atoms with E-state index in [-0.39, 0.29) is 0 Å².